The van der Waals surface area contributed by atoms with Gasteiger partial charge < -0.3 is 0 Å². The lowest BCUT2D eigenvalue weighted by molar-refractivity contribution is 0.627. The molecule has 0 spiro atoms. The predicted molar refractivity (Wildman–Crippen MR) is 94.2 cm³/mol. The van der Waals surface area contributed by atoms with Gasteiger partial charge >= 0.3 is 0 Å². The van der Waals surface area contributed by atoms with Crippen molar-refractivity contribution < 1.29 is 4.39 Å². The lowest BCUT2D eigenvalue weighted by atomic mass is 10.1. The van der Waals surface area contributed by atoms with E-state index < -0.39 is 0 Å². The molecule has 3 heterocycles. The molecule has 0 amide bonds. The van der Waals surface area contributed by atoms with E-state index in [4.69, 9.17) is 0 Å². The molecule has 0 bridgehead atoms. The van der Waals surface area contributed by atoms with Gasteiger partial charge in [-0.25, -0.2) is 4.39 Å². The van der Waals surface area contributed by atoms with Crippen LogP contribution >= 0.6 is 11.3 Å². The van der Waals surface area contributed by atoms with E-state index in [0.29, 0.717) is 12.3 Å². The Balaban J connectivity index is 1.69. The Morgan fingerprint density at radius 2 is 1.88 bits per heavy atom. The van der Waals surface area contributed by atoms with E-state index in [9.17, 15) is 4.39 Å². The Morgan fingerprint density at radius 1 is 1.12 bits per heavy atom. The van der Waals surface area contributed by atoms with E-state index in [1.807, 2.05) is 11.7 Å². The van der Waals surface area contributed by atoms with Crippen LogP contribution in [0.4, 0.5) is 4.39 Å². The van der Waals surface area contributed by atoms with Crippen molar-refractivity contribution in [2.24, 2.45) is 7.05 Å². The molecular formula is C17H17FN6S. The van der Waals surface area contributed by atoms with Crippen LogP contribution in [-0.2, 0) is 13.5 Å². The zero-order valence-electron chi connectivity index (χ0n) is 14.1. The summed E-state index contributed by atoms with van der Waals surface area (Å²) in [6, 6.07) is 8.46. The van der Waals surface area contributed by atoms with Crippen LogP contribution in [0.5, 0.6) is 0 Å². The second-order valence-electron chi connectivity index (χ2n) is 6.25. The fraction of sp³-hybridized carbons (Fsp3) is 0.294. The molecule has 128 valence electrons. The van der Waals surface area contributed by atoms with Gasteiger partial charge in [0.05, 0.1) is 11.4 Å². The van der Waals surface area contributed by atoms with Gasteiger partial charge in [0, 0.05) is 13.5 Å². The van der Waals surface area contributed by atoms with Gasteiger partial charge in [0.1, 0.15) is 5.82 Å². The van der Waals surface area contributed by atoms with Crippen LogP contribution in [0.1, 0.15) is 36.8 Å². The summed E-state index contributed by atoms with van der Waals surface area (Å²) in [5.74, 6) is 0.846. The van der Waals surface area contributed by atoms with E-state index in [1.54, 1.807) is 16.6 Å². The number of hydrogen-bond donors (Lipinski definition) is 0. The number of nitrogens with zero attached hydrogens (tertiary/aromatic N) is 6. The van der Waals surface area contributed by atoms with Crippen molar-refractivity contribution >= 4 is 16.3 Å². The first kappa shape index (κ1) is 15.9. The molecule has 4 aromatic rings. The van der Waals surface area contributed by atoms with Gasteiger partial charge in [-0.2, -0.15) is 14.7 Å². The van der Waals surface area contributed by atoms with E-state index in [2.05, 4.69) is 40.3 Å². The highest BCUT2D eigenvalue weighted by Crippen LogP contribution is 2.28. The third-order valence-electron chi connectivity index (χ3n) is 4.04. The van der Waals surface area contributed by atoms with Crippen molar-refractivity contribution in [1.82, 2.24) is 29.6 Å². The largest absolute Gasteiger partial charge is 0.265 e. The summed E-state index contributed by atoms with van der Waals surface area (Å²) in [7, 11) is 1.92. The van der Waals surface area contributed by atoms with Crippen LogP contribution in [0.15, 0.2) is 30.3 Å². The van der Waals surface area contributed by atoms with Crippen LogP contribution in [0.3, 0.4) is 0 Å². The minimum Gasteiger partial charge on any atom is -0.265 e. The van der Waals surface area contributed by atoms with E-state index in [1.165, 1.54) is 23.5 Å². The first-order valence-corrected chi connectivity index (χ1v) is 8.83. The normalized spacial score (nSPS) is 11.7. The van der Waals surface area contributed by atoms with Gasteiger partial charge in [0.15, 0.2) is 10.8 Å². The molecule has 6 nitrogen and oxygen atoms in total. The third-order valence-corrected chi connectivity index (χ3v) is 4.96. The average Bonchev–Trinajstić information content (AvgIpc) is 3.24. The minimum absolute atomic E-state index is 0.247. The van der Waals surface area contributed by atoms with E-state index in [0.717, 1.165) is 32.7 Å². The molecule has 8 heteroatoms. The zero-order valence-corrected chi connectivity index (χ0v) is 15.0. The molecule has 1 aromatic carbocycles. The van der Waals surface area contributed by atoms with Crippen molar-refractivity contribution in [3.63, 3.8) is 0 Å². The molecule has 0 N–H and O–H groups in total. The number of rotatable bonds is 4. The predicted octanol–water partition coefficient (Wildman–Crippen LogP) is 3.44. The fourth-order valence-corrected chi connectivity index (χ4v) is 3.53. The van der Waals surface area contributed by atoms with Crippen LogP contribution in [-0.4, -0.2) is 29.6 Å². The summed E-state index contributed by atoms with van der Waals surface area (Å²) >= 11 is 1.48. The Morgan fingerprint density at radius 3 is 2.56 bits per heavy atom. The second-order valence-corrected chi connectivity index (χ2v) is 7.21. The first-order valence-electron chi connectivity index (χ1n) is 8.01. The molecule has 25 heavy (non-hydrogen) atoms. The second kappa shape index (κ2) is 6.03. The topological polar surface area (TPSA) is 60.9 Å². The van der Waals surface area contributed by atoms with Crippen LogP contribution < -0.4 is 0 Å². The lowest BCUT2D eigenvalue weighted by Crippen LogP contribution is -1.99. The van der Waals surface area contributed by atoms with E-state index in [-0.39, 0.29) is 5.82 Å². The molecule has 0 saturated carbocycles. The highest BCUT2D eigenvalue weighted by atomic mass is 32.1. The molecule has 0 unspecified atom stereocenters. The van der Waals surface area contributed by atoms with Gasteiger partial charge in [0.2, 0.25) is 4.96 Å². The molecule has 0 atom stereocenters. The van der Waals surface area contributed by atoms with Gasteiger partial charge in [-0.15, -0.1) is 10.2 Å². The maximum atomic E-state index is 13.1. The average molecular weight is 356 g/mol. The number of fused-ring (bicyclic) bond motifs is 1. The molecular weight excluding hydrogens is 339 g/mol. The van der Waals surface area contributed by atoms with Gasteiger partial charge in [-0.1, -0.05) is 37.3 Å². The van der Waals surface area contributed by atoms with Gasteiger partial charge in [-0.3, -0.25) is 4.68 Å². The van der Waals surface area contributed by atoms with Crippen molar-refractivity contribution in [3.8, 4) is 10.7 Å². The lowest BCUT2D eigenvalue weighted by Gasteiger charge is -1.98. The summed E-state index contributed by atoms with van der Waals surface area (Å²) in [6.45, 7) is 4.23. The Kier molecular flexibility index (Phi) is 3.84. The molecule has 0 saturated heterocycles. The molecule has 0 fully saturated rings. The number of hydrogen-bond acceptors (Lipinski definition) is 5. The first-order chi connectivity index (χ1) is 12.0. The third kappa shape index (κ3) is 2.93. The van der Waals surface area contributed by atoms with Crippen molar-refractivity contribution in [2.45, 2.75) is 26.2 Å². The molecule has 4 rings (SSSR count). The quantitative estimate of drug-likeness (QED) is 0.562. The summed E-state index contributed by atoms with van der Waals surface area (Å²) in [6.07, 6.45) is 0.549. The SMILES string of the molecule is CC(C)c1cc(-c2nn3c(Cc4ccc(F)cc4)nnc3s2)n(C)n1. The van der Waals surface area contributed by atoms with Crippen LogP contribution in [0, 0.1) is 5.82 Å². The van der Waals surface area contributed by atoms with Crippen molar-refractivity contribution in [1.29, 1.82) is 0 Å². The Bertz CT molecular complexity index is 1030. The number of aromatic nitrogens is 6. The number of benzene rings is 1. The van der Waals surface area contributed by atoms with Gasteiger partial charge in [-0.05, 0) is 29.7 Å². The van der Waals surface area contributed by atoms with Crippen LogP contribution in [0.25, 0.3) is 15.7 Å². The van der Waals surface area contributed by atoms with Crippen molar-refractivity contribution in [3.05, 3.63) is 53.2 Å². The summed E-state index contributed by atoms with van der Waals surface area (Å²) in [4.78, 5) is 0.736. The maximum Gasteiger partial charge on any atom is 0.235 e. The number of halogens is 1. The Labute approximate surface area is 147 Å². The zero-order chi connectivity index (χ0) is 17.6. The molecule has 0 aliphatic carbocycles. The smallest absolute Gasteiger partial charge is 0.235 e. The van der Waals surface area contributed by atoms with E-state index >= 15 is 0 Å². The fourth-order valence-electron chi connectivity index (χ4n) is 2.63. The molecule has 0 aliphatic heterocycles. The highest BCUT2D eigenvalue weighted by molar-refractivity contribution is 7.19. The molecule has 3 aromatic heterocycles. The van der Waals surface area contributed by atoms with Gasteiger partial charge in [0.25, 0.3) is 0 Å². The summed E-state index contributed by atoms with van der Waals surface area (Å²) < 4.78 is 16.7. The minimum atomic E-state index is -0.247. The Hall–Kier alpha value is -2.61. The summed E-state index contributed by atoms with van der Waals surface area (Å²) in [5, 5.41) is 18.5. The molecule has 0 aliphatic rings. The monoisotopic (exact) mass is 356 g/mol. The molecule has 0 radical (unpaired) electrons. The van der Waals surface area contributed by atoms with Crippen molar-refractivity contribution in [2.75, 3.05) is 0 Å². The standard InChI is InChI=1S/C17H17FN6S/c1-10(2)13-9-14(23(3)21-13)16-22-24-15(19-20-17(24)25-16)8-11-4-6-12(18)7-5-11/h4-7,9-10H,8H2,1-3H3. The highest BCUT2D eigenvalue weighted by Gasteiger charge is 2.17. The maximum absolute atomic E-state index is 13.1. The summed E-state index contributed by atoms with van der Waals surface area (Å²) in [5.41, 5.74) is 2.97. The van der Waals surface area contributed by atoms with Crippen LogP contribution in [0.2, 0.25) is 0 Å². The number of aryl methyl sites for hydroxylation is 1.